The number of nitrogens with zero attached hydrogens (tertiary/aromatic N) is 2. The van der Waals surface area contributed by atoms with Crippen LogP contribution in [0.1, 0.15) is 32.3 Å². The second-order valence-corrected chi connectivity index (χ2v) is 10.3. The molecule has 0 saturated heterocycles. The Morgan fingerprint density at radius 3 is 2.18 bits per heavy atom. The van der Waals surface area contributed by atoms with Crippen LogP contribution in [0.25, 0.3) is 0 Å². The van der Waals surface area contributed by atoms with Crippen LogP contribution in [0, 0.1) is 0 Å². The number of anilines is 2. The van der Waals surface area contributed by atoms with E-state index in [-0.39, 0.29) is 16.5 Å². The highest BCUT2D eigenvalue weighted by molar-refractivity contribution is 7.92. The van der Waals surface area contributed by atoms with Crippen LogP contribution in [0.3, 0.4) is 0 Å². The van der Waals surface area contributed by atoms with E-state index in [0.29, 0.717) is 18.0 Å². The molecular formula is C28H32N4O6S. The number of hydrogen-bond donors (Lipinski definition) is 2. The molecule has 11 heteroatoms. The predicted octanol–water partition coefficient (Wildman–Crippen LogP) is 4.18. The summed E-state index contributed by atoms with van der Waals surface area (Å²) in [5, 5.41) is 6.56. The number of hydrogen-bond acceptors (Lipinski definition) is 7. The van der Waals surface area contributed by atoms with Crippen molar-refractivity contribution >= 4 is 39.4 Å². The summed E-state index contributed by atoms with van der Waals surface area (Å²) in [5.74, 6) is 0.362. The number of unbranched alkanes of at least 4 members (excludes halogenated alkanes) is 1. The van der Waals surface area contributed by atoms with Crippen molar-refractivity contribution in [2.24, 2.45) is 5.10 Å². The summed E-state index contributed by atoms with van der Waals surface area (Å²) in [6.07, 6.45) is 3.48. The number of benzene rings is 3. The van der Waals surface area contributed by atoms with E-state index >= 15 is 0 Å². The van der Waals surface area contributed by atoms with Gasteiger partial charge in [0, 0.05) is 12.6 Å². The monoisotopic (exact) mass is 552 g/mol. The summed E-state index contributed by atoms with van der Waals surface area (Å²) in [6.45, 7) is 3.57. The van der Waals surface area contributed by atoms with Gasteiger partial charge in [-0.05, 0) is 84.8 Å². The van der Waals surface area contributed by atoms with Crippen LogP contribution in [-0.4, -0.2) is 46.7 Å². The fourth-order valence-corrected chi connectivity index (χ4v) is 4.85. The first kappa shape index (κ1) is 29.2. The molecule has 39 heavy (non-hydrogen) atoms. The van der Waals surface area contributed by atoms with Crippen molar-refractivity contribution in [2.45, 2.75) is 31.6 Å². The molecule has 0 saturated carbocycles. The van der Waals surface area contributed by atoms with E-state index in [1.54, 1.807) is 36.4 Å². The Morgan fingerprint density at radius 2 is 1.59 bits per heavy atom. The van der Waals surface area contributed by atoms with Gasteiger partial charge in [0.25, 0.3) is 15.9 Å². The fraction of sp³-hybridized carbons (Fsp3) is 0.250. The third kappa shape index (κ3) is 8.57. The molecular weight excluding hydrogens is 520 g/mol. The number of rotatable bonds is 13. The van der Waals surface area contributed by atoms with Crippen molar-refractivity contribution in [1.82, 2.24) is 5.43 Å². The molecule has 0 unspecified atom stereocenters. The second-order valence-electron chi connectivity index (χ2n) is 8.48. The van der Waals surface area contributed by atoms with Crippen molar-refractivity contribution in [2.75, 3.05) is 29.9 Å². The number of methoxy groups -OCH3 is 1. The molecule has 0 aliphatic heterocycles. The SMILES string of the molecule is CCCCOc1ccc(/C=N\NC(=O)CN(c2ccc(OC)cc2)S(=O)(=O)c2ccc(NC(C)=O)cc2)cc1. The second kappa shape index (κ2) is 14.0. The summed E-state index contributed by atoms with van der Waals surface area (Å²) < 4.78 is 38.9. The number of nitrogens with one attached hydrogen (secondary N) is 2. The van der Waals surface area contributed by atoms with Crippen LogP contribution >= 0.6 is 0 Å². The van der Waals surface area contributed by atoms with E-state index in [4.69, 9.17) is 9.47 Å². The third-order valence-electron chi connectivity index (χ3n) is 5.46. The van der Waals surface area contributed by atoms with Crippen LogP contribution < -0.4 is 24.5 Å². The molecule has 0 aromatic heterocycles. The third-order valence-corrected chi connectivity index (χ3v) is 7.25. The zero-order valence-corrected chi connectivity index (χ0v) is 22.9. The van der Waals surface area contributed by atoms with E-state index < -0.39 is 22.5 Å². The van der Waals surface area contributed by atoms with Gasteiger partial charge < -0.3 is 14.8 Å². The fourth-order valence-electron chi connectivity index (χ4n) is 3.43. The Labute approximate surface area is 228 Å². The van der Waals surface area contributed by atoms with Crippen LogP contribution in [0.2, 0.25) is 0 Å². The Morgan fingerprint density at radius 1 is 0.949 bits per heavy atom. The predicted molar refractivity (Wildman–Crippen MR) is 151 cm³/mol. The van der Waals surface area contributed by atoms with Gasteiger partial charge in [0.2, 0.25) is 5.91 Å². The summed E-state index contributed by atoms with van der Waals surface area (Å²) >= 11 is 0. The topological polar surface area (TPSA) is 126 Å². The van der Waals surface area contributed by atoms with E-state index in [1.807, 2.05) is 12.1 Å². The Hall–Kier alpha value is -4.38. The van der Waals surface area contributed by atoms with Gasteiger partial charge in [0.05, 0.1) is 30.5 Å². The minimum absolute atomic E-state index is 0.0510. The first-order valence-corrected chi connectivity index (χ1v) is 13.8. The largest absolute Gasteiger partial charge is 0.497 e. The quantitative estimate of drug-likeness (QED) is 0.186. The molecule has 0 radical (unpaired) electrons. The van der Waals surface area contributed by atoms with Gasteiger partial charge in [-0.2, -0.15) is 5.10 Å². The lowest BCUT2D eigenvalue weighted by molar-refractivity contribution is -0.119. The molecule has 0 aliphatic rings. The maximum absolute atomic E-state index is 13.6. The lowest BCUT2D eigenvalue weighted by atomic mass is 10.2. The molecule has 2 amide bonds. The standard InChI is InChI=1S/C28H32N4O6S/c1-4-5-18-38-26-12-6-22(7-13-26)19-29-31-28(34)20-32(24-10-14-25(37-3)15-11-24)39(35,36)27-16-8-23(9-17-27)30-21(2)33/h6-17,19H,4-5,18,20H2,1-3H3,(H,30,33)(H,31,34)/b29-19-. The van der Waals surface area contributed by atoms with E-state index in [0.717, 1.165) is 28.5 Å². The van der Waals surface area contributed by atoms with Crippen molar-refractivity contribution in [3.05, 3.63) is 78.4 Å². The van der Waals surface area contributed by atoms with Crippen LogP contribution in [-0.2, 0) is 19.6 Å². The number of carbonyl (C=O) groups excluding carboxylic acids is 2. The van der Waals surface area contributed by atoms with Gasteiger partial charge in [-0.15, -0.1) is 0 Å². The molecule has 0 fully saturated rings. The van der Waals surface area contributed by atoms with E-state index in [1.165, 1.54) is 44.5 Å². The summed E-state index contributed by atoms with van der Waals surface area (Å²) in [4.78, 5) is 24.0. The normalized spacial score (nSPS) is 11.2. The Kier molecular flexibility index (Phi) is 10.4. The number of hydrazone groups is 1. The average Bonchev–Trinajstić information content (AvgIpc) is 2.93. The molecule has 3 aromatic carbocycles. The van der Waals surface area contributed by atoms with E-state index in [9.17, 15) is 18.0 Å². The summed E-state index contributed by atoms with van der Waals surface area (Å²) in [6, 6.07) is 19.2. The van der Waals surface area contributed by atoms with Crippen molar-refractivity contribution in [1.29, 1.82) is 0 Å². The average molecular weight is 553 g/mol. The number of amides is 2. The minimum atomic E-state index is -4.15. The molecule has 2 N–H and O–H groups in total. The van der Waals surface area contributed by atoms with Gasteiger partial charge in [-0.25, -0.2) is 13.8 Å². The molecule has 0 heterocycles. The van der Waals surface area contributed by atoms with Crippen molar-refractivity contribution < 1.29 is 27.5 Å². The number of ether oxygens (including phenoxy) is 2. The zero-order chi connectivity index (χ0) is 28.3. The summed E-state index contributed by atoms with van der Waals surface area (Å²) in [7, 11) is -2.65. The molecule has 10 nitrogen and oxygen atoms in total. The maximum Gasteiger partial charge on any atom is 0.264 e. The summed E-state index contributed by atoms with van der Waals surface area (Å²) in [5.41, 5.74) is 3.83. The smallest absolute Gasteiger partial charge is 0.264 e. The molecule has 3 rings (SSSR count). The van der Waals surface area contributed by atoms with Crippen LogP contribution in [0.15, 0.2) is 82.8 Å². The highest BCUT2D eigenvalue weighted by Crippen LogP contribution is 2.26. The molecule has 0 spiro atoms. The van der Waals surface area contributed by atoms with Gasteiger partial charge in [-0.3, -0.25) is 13.9 Å². The minimum Gasteiger partial charge on any atom is -0.497 e. The molecule has 0 atom stereocenters. The molecule has 0 bridgehead atoms. The van der Waals surface area contributed by atoms with Crippen LogP contribution in [0.4, 0.5) is 11.4 Å². The highest BCUT2D eigenvalue weighted by Gasteiger charge is 2.27. The maximum atomic E-state index is 13.6. The van der Waals surface area contributed by atoms with Crippen LogP contribution in [0.5, 0.6) is 11.5 Å². The Balaban J connectivity index is 1.75. The first-order valence-electron chi connectivity index (χ1n) is 12.3. The molecule has 0 aliphatic carbocycles. The lowest BCUT2D eigenvalue weighted by Crippen LogP contribution is -2.39. The first-order chi connectivity index (χ1) is 18.7. The van der Waals surface area contributed by atoms with Crippen molar-refractivity contribution in [3.63, 3.8) is 0 Å². The lowest BCUT2D eigenvalue weighted by Gasteiger charge is -2.24. The van der Waals surface area contributed by atoms with Crippen molar-refractivity contribution in [3.8, 4) is 11.5 Å². The van der Waals surface area contributed by atoms with Gasteiger partial charge >= 0.3 is 0 Å². The molecule has 206 valence electrons. The van der Waals surface area contributed by atoms with Gasteiger partial charge in [-0.1, -0.05) is 13.3 Å². The zero-order valence-electron chi connectivity index (χ0n) is 22.1. The molecule has 3 aromatic rings. The Bertz CT molecular complexity index is 1370. The van der Waals surface area contributed by atoms with Gasteiger partial charge in [0.1, 0.15) is 18.0 Å². The number of carbonyl (C=O) groups is 2. The van der Waals surface area contributed by atoms with Gasteiger partial charge in [0.15, 0.2) is 0 Å². The highest BCUT2D eigenvalue weighted by atomic mass is 32.2. The van der Waals surface area contributed by atoms with E-state index in [2.05, 4.69) is 22.8 Å². The number of sulfonamides is 1.